The molecule has 0 aromatic heterocycles. The first kappa shape index (κ1) is 67.1. The van der Waals surface area contributed by atoms with E-state index in [1.165, 1.54) is 257 Å². The Hall–Kier alpha value is -1.85. The zero-order chi connectivity index (χ0) is 50.0. The summed E-state index contributed by atoms with van der Waals surface area (Å²) in [5, 5.41) is 0. The third kappa shape index (κ3) is 56.9. The first-order chi connectivity index (χ1) is 34.0. The molecule has 0 aliphatic rings. The van der Waals surface area contributed by atoms with Crippen LogP contribution in [0.25, 0.3) is 0 Å². The SMILES string of the molecule is CCCCCC/C=C\CCCCCCCCCC(=O)O[C@@H](COC(=O)CCCCCCCCCCCCCCCCC)COC(=O)CCCCCCCCCCCCCCCCCCCCCCC. The van der Waals surface area contributed by atoms with Crippen LogP contribution in [0.3, 0.4) is 0 Å². The number of esters is 3. The summed E-state index contributed by atoms with van der Waals surface area (Å²) in [6, 6.07) is 0. The molecular formula is C63H120O6. The maximum atomic E-state index is 12.9. The molecule has 0 N–H and O–H groups in total. The predicted octanol–water partition coefficient (Wildman–Crippen LogP) is 20.9. The molecule has 0 fully saturated rings. The molecule has 0 aromatic carbocycles. The van der Waals surface area contributed by atoms with Crippen molar-refractivity contribution in [2.45, 2.75) is 361 Å². The lowest BCUT2D eigenvalue weighted by atomic mass is 10.0. The van der Waals surface area contributed by atoms with Gasteiger partial charge in [-0.15, -0.1) is 0 Å². The summed E-state index contributed by atoms with van der Waals surface area (Å²) in [7, 11) is 0. The smallest absolute Gasteiger partial charge is 0.306 e. The van der Waals surface area contributed by atoms with E-state index in [1.807, 2.05) is 0 Å². The Labute approximate surface area is 431 Å². The van der Waals surface area contributed by atoms with Crippen molar-refractivity contribution in [3.8, 4) is 0 Å². The zero-order valence-corrected chi connectivity index (χ0v) is 46.9. The average Bonchev–Trinajstić information content (AvgIpc) is 3.35. The predicted molar refractivity (Wildman–Crippen MR) is 298 cm³/mol. The monoisotopic (exact) mass is 973 g/mol. The van der Waals surface area contributed by atoms with Crippen LogP contribution in [0.1, 0.15) is 355 Å². The summed E-state index contributed by atoms with van der Waals surface area (Å²) < 4.78 is 16.9. The number of allylic oxidation sites excluding steroid dienone is 2. The number of carbonyl (C=O) groups is 3. The van der Waals surface area contributed by atoms with Gasteiger partial charge in [-0.05, 0) is 44.9 Å². The second-order valence-corrected chi connectivity index (χ2v) is 21.3. The van der Waals surface area contributed by atoms with Gasteiger partial charge in [0.2, 0.25) is 0 Å². The van der Waals surface area contributed by atoms with E-state index >= 15 is 0 Å². The van der Waals surface area contributed by atoms with Crippen LogP contribution in [-0.2, 0) is 28.6 Å². The zero-order valence-electron chi connectivity index (χ0n) is 46.9. The molecule has 0 aliphatic carbocycles. The van der Waals surface area contributed by atoms with Crippen LogP contribution in [0.2, 0.25) is 0 Å². The van der Waals surface area contributed by atoms with Crippen LogP contribution in [-0.4, -0.2) is 37.2 Å². The van der Waals surface area contributed by atoms with E-state index in [2.05, 4.69) is 32.9 Å². The minimum atomic E-state index is -0.767. The maximum Gasteiger partial charge on any atom is 0.306 e. The molecule has 0 bridgehead atoms. The van der Waals surface area contributed by atoms with E-state index in [1.54, 1.807) is 0 Å². The highest BCUT2D eigenvalue weighted by molar-refractivity contribution is 5.71. The summed E-state index contributed by atoms with van der Waals surface area (Å²) >= 11 is 0. The van der Waals surface area contributed by atoms with Crippen LogP contribution in [0.4, 0.5) is 0 Å². The fraction of sp³-hybridized carbons (Fsp3) is 0.921. The van der Waals surface area contributed by atoms with E-state index in [-0.39, 0.29) is 31.1 Å². The standard InChI is InChI=1S/C63H120O6/c1-4-7-10-13-16-19-22-25-28-29-30-31-32-33-36-38-41-44-47-50-53-56-62(65)68-59-60(69-63(66)57-54-51-48-45-42-39-35-27-24-21-18-15-12-9-6-3)58-67-61(64)55-52-49-46-43-40-37-34-26-23-20-17-14-11-8-5-2/h21,24,60H,4-20,22-23,25-59H2,1-3H3/b24-21-/t60-/m0/s1. The molecular weight excluding hydrogens is 853 g/mol. The molecule has 1 atom stereocenters. The Kier molecular flexibility index (Phi) is 57.1. The molecule has 0 radical (unpaired) electrons. The van der Waals surface area contributed by atoms with Gasteiger partial charge in [0.25, 0.3) is 0 Å². The molecule has 6 heteroatoms. The normalized spacial score (nSPS) is 12.0. The lowest BCUT2D eigenvalue weighted by Crippen LogP contribution is -2.30. The maximum absolute atomic E-state index is 12.9. The van der Waals surface area contributed by atoms with Gasteiger partial charge in [0.05, 0.1) is 0 Å². The topological polar surface area (TPSA) is 78.9 Å². The van der Waals surface area contributed by atoms with Crippen LogP contribution in [0.15, 0.2) is 12.2 Å². The molecule has 0 saturated carbocycles. The summed E-state index contributed by atoms with van der Waals surface area (Å²) in [4.78, 5) is 38.2. The molecule has 69 heavy (non-hydrogen) atoms. The molecule has 0 heterocycles. The molecule has 0 unspecified atom stereocenters. The number of ether oxygens (including phenoxy) is 3. The van der Waals surface area contributed by atoms with Crippen molar-refractivity contribution in [1.82, 2.24) is 0 Å². The Morgan fingerprint density at radius 1 is 0.275 bits per heavy atom. The quantitative estimate of drug-likeness (QED) is 0.0261. The first-order valence-corrected chi connectivity index (χ1v) is 31.2. The fourth-order valence-electron chi connectivity index (χ4n) is 9.56. The lowest BCUT2D eigenvalue weighted by molar-refractivity contribution is -0.167. The average molecular weight is 974 g/mol. The van der Waals surface area contributed by atoms with Crippen molar-refractivity contribution in [2.75, 3.05) is 13.2 Å². The van der Waals surface area contributed by atoms with E-state index in [0.29, 0.717) is 19.3 Å². The Morgan fingerprint density at radius 2 is 0.478 bits per heavy atom. The van der Waals surface area contributed by atoms with Gasteiger partial charge in [-0.3, -0.25) is 14.4 Å². The van der Waals surface area contributed by atoms with Crippen molar-refractivity contribution in [1.29, 1.82) is 0 Å². The minimum absolute atomic E-state index is 0.0654. The Bertz CT molecular complexity index is 1070. The van der Waals surface area contributed by atoms with Crippen molar-refractivity contribution in [3.05, 3.63) is 12.2 Å². The summed E-state index contributed by atoms with van der Waals surface area (Å²) in [6.45, 7) is 6.70. The minimum Gasteiger partial charge on any atom is -0.462 e. The molecule has 6 nitrogen and oxygen atoms in total. The van der Waals surface area contributed by atoms with Gasteiger partial charge in [0.15, 0.2) is 6.10 Å². The van der Waals surface area contributed by atoms with Crippen molar-refractivity contribution >= 4 is 17.9 Å². The van der Waals surface area contributed by atoms with Gasteiger partial charge >= 0.3 is 17.9 Å². The van der Waals surface area contributed by atoms with Gasteiger partial charge in [0, 0.05) is 19.3 Å². The molecule has 0 rings (SSSR count). The van der Waals surface area contributed by atoms with Gasteiger partial charge in [-0.2, -0.15) is 0 Å². The van der Waals surface area contributed by atoms with Crippen LogP contribution in [0.5, 0.6) is 0 Å². The van der Waals surface area contributed by atoms with Crippen LogP contribution >= 0.6 is 0 Å². The number of hydrogen-bond acceptors (Lipinski definition) is 6. The molecule has 0 amide bonds. The Balaban J connectivity index is 4.26. The molecule has 0 spiro atoms. The largest absolute Gasteiger partial charge is 0.462 e. The van der Waals surface area contributed by atoms with Crippen molar-refractivity contribution in [2.24, 2.45) is 0 Å². The van der Waals surface area contributed by atoms with E-state index < -0.39 is 6.10 Å². The van der Waals surface area contributed by atoms with Gasteiger partial charge in [0.1, 0.15) is 13.2 Å². The molecule has 0 saturated heterocycles. The second-order valence-electron chi connectivity index (χ2n) is 21.3. The van der Waals surface area contributed by atoms with Crippen LogP contribution in [0, 0.1) is 0 Å². The number of carbonyl (C=O) groups excluding carboxylic acids is 3. The molecule has 0 aromatic rings. The number of unbranched alkanes of at least 4 members (excludes halogenated alkanes) is 45. The fourth-order valence-corrected chi connectivity index (χ4v) is 9.56. The molecule has 408 valence electrons. The highest BCUT2D eigenvalue weighted by Gasteiger charge is 2.19. The third-order valence-corrected chi connectivity index (χ3v) is 14.3. The highest BCUT2D eigenvalue weighted by Crippen LogP contribution is 2.18. The van der Waals surface area contributed by atoms with E-state index in [9.17, 15) is 14.4 Å². The van der Waals surface area contributed by atoms with Gasteiger partial charge in [-0.25, -0.2) is 0 Å². The summed E-state index contributed by atoms with van der Waals surface area (Å²) in [6.07, 6.45) is 67.8. The number of hydrogen-bond donors (Lipinski definition) is 0. The lowest BCUT2D eigenvalue weighted by Gasteiger charge is -2.18. The van der Waals surface area contributed by atoms with E-state index in [0.717, 1.165) is 57.8 Å². The van der Waals surface area contributed by atoms with Crippen LogP contribution < -0.4 is 0 Å². The molecule has 0 aliphatic heterocycles. The third-order valence-electron chi connectivity index (χ3n) is 14.3. The first-order valence-electron chi connectivity index (χ1n) is 31.2. The Morgan fingerprint density at radius 3 is 0.739 bits per heavy atom. The van der Waals surface area contributed by atoms with Crippen molar-refractivity contribution < 1.29 is 28.6 Å². The van der Waals surface area contributed by atoms with Crippen molar-refractivity contribution in [3.63, 3.8) is 0 Å². The van der Waals surface area contributed by atoms with Gasteiger partial charge < -0.3 is 14.2 Å². The highest BCUT2D eigenvalue weighted by atomic mass is 16.6. The summed E-state index contributed by atoms with van der Waals surface area (Å²) in [5.74, 6) is -0.841. The number of rotatable bonds is 58. The van der Waals surface area contributed by atoms with Gasteiger partial charge in [-0.1, -0.05) is 303 Å². The second kappa shape index (κ2) is 58.7. The van der Waals surface area contributed by atoms with E-state index in [4.69, 9.17) is 14.2 Å². The summed E-state index contributed by atoms with van der Waals surface area (Å²) in [5.41, 5.74) is 0.